The topological polar surface area (TPSA) is 69.0 Å². The summed E-state index contributed by atoms with van der Waals surface area (Å²) < 4.78 is 21.2. The Morgan fingerprint density at radius 3 is 2.72 bits per heavy atom. The number of benzene rings is 2. The predicted octanol–water partition coefficient (Wildman–Crippen LogP) is 4.38. The molecule has 0 aliphatic rings. The van der Waals surface area contributed by atoms with Crippen molar-refractivity contribution in [2.75, 3.05) is 6.61 Å². The second-order valence-electron chi connectivity index (χ2n) is 6.38. The minimum atomic E-state index is -0.540. The van der Waals surface area contributed by atoms with E-state index in [9.17, 15) is 9.18 Å². The van der Waals surface area contributed by atoms with Crippen LogP contribution in [0.1, 0.15) is 38.2 Å². The monoisotopic (exact) mass is 416 g/mol. The maximum absolute atomic E-state index is 13.9. The Kier molecular flexibility index (Phi) is 6.49. The van der Waals surface area contributed by atoms with Crippen LogP contribution in [0.5, 0.6) is 5.75 Å². The molecule has 2 aromatic carbocycles. The Hall–Kier alpha value is -2.93. The summed E-state index contributed by atoms with van der Waals surface area (Å²) in [6.45, 7) is 6.34. The first kappa shape index (κ1) is 20.8. The van der Waals surface area contributed by atoms with Crippen molar-refractivity contribution in [3.8, 4) is 17.1 Å². The number of aromatic nitrogens is 3. The number of nitrogens with zero attached hydrogens (tertiary/aromatic N) is 3. The molecule has 1 amide bonds. The molecule has 152 valence electrons. The number of nitrogens with one attached hydrogen (secondary N) is 1. The molecular weight excluding hydrogens is 395 g/mol. The van der Waals surface area contributed by atoms with E-state index in [1.54, 1.807) is 10.7 Å². The van der Waals surface area contributed by atoms with E-state index in [0.29, 0.717) is 36.1 Å². The van der Waals surface area contributed by atoms with Crippen molar-refractivity contribution < 1.29 is 13.9 Å². The third-order valence-electron chi connectivity index (χ3n) is 4.29. The molecule has 0 fully saturated rings. The van der Waals surface area contributed by atoms with Crippen LogP contribution >= 0.6 is 11.6 Å². The molecule has 0 saturated heterocycles. The SMILES string of the molecule is CCOc1cccc(C(NC(C)=O)c2nc(-c3ccc(Cl)c(F)c3)nn2CC)c1. The van der Waals surface area contributed by atoms with E-state index in [2.05, 4.69) is 15.4 Å². The summed E-state index contributed by atoms with van der Waals surface area (Å²) in [5.41, 5.74) is 1.31. The first-order valence-electron chi connectivity index (χ1n) is 9.33. The van der Waals surface area contributed by atoms with Crippen molar-refractivity contribution in [1.82, 2.24) is 20.1 Å². The zero-order valence-electron chi connectivity index (χ0n) is 16.4. The van der Waals surface area contributed by atoms with Gasteiger partial charge in [-0.05, 0) is 49.7 Å². The predicted molar refractivity (Wildman–Crippen MR) is 109 cm³/mol. The van der Waals surface area contributed by atoms with E-state index in [0.717, 1.165) is 5.56 Å². The van der Waals surface area contributed by atoms with Gasteiger partial charge in [0.25, 0.3) is 0 Å². The van der Waals surface area contributed by atoms with Crippen LogP contribution in [-0.4, -0.2) is 27.3 Å². The van der Waals surface area contributed by atoms with Crippen molar-refractivity contribution in [2.45, 2.75) is 33.4 Å². The van der Waals surface area contributed by atoms with E-state index < -0.39 is 11.9 Å². The fraction of sp³-hybridized carbons (Fsp3) is 0.286. The van der Waals surface area contributed by atoms with Gasteiger partial charge in [0.2, 0.25) is 5.91 Å². The Morgan fingerprint density at radius 1 is 1.28 bits per heavy atom. The number of ether oxygens (including phenoxy) is 1. The van der Waals surface area contributed by atoms with Gasteiger partial charge in [-0.2, -0.15) is 5.10 Å². The number of rotatable bonds is 7. The number of hydrogen-bond donors (Lipinski definition) is 1. The highest BCUT2D eigenvalue weighted by molar-refractivity contribution is 6.30. The van der Waals surface area contributed by atoms with Gasteiger partial charge in [-0.1, -0.05) is 23.7 Å². The highest BCUT2D eigenvalue weighted by Crippen LogP contribution is 2.28. The van der Waals surface area contributed by atoms with E-state index in [1.165, 1.54) is 19.1 Å². The lowest BCUT2D eigenvalue weighted by atomic mass is 10.1. The van der Waals surface area contributed by atoms with E-state index >= 15 is 0 Å². The van der Waals surface area contributed by atoms with Crippen LogP contribution in [-0.2, 0) is 11.3 Å². The summed E-state index contributed by atoms with van der Waals surface area (Å²) in [6, 6.07) is 11.3. The summed E-state index contributed by atoms with van der Waals surface area (Å²) in [5.74, 6) is 0.848. The molecule has 0 aliphatic carbocycles. The summed E-state index contributed by atoms with van der Waals surface area (Å²) in [7, 11) is 0. The summed E-state index contributed by atoms with van der Waals surface area (Å²) in [6.07, 6.45) is 0. The average Bonchev–Trinajstić information content (AvgIpc) is 3.12. The standard InChI is InChI=1S/C21H22ClFN4O2/c1-4-27-21(25-20(26-27)15-9-10-17(22)18(23)12-15)19(24-13(3)28)14-7-6-8-16(11-14)29-5-2/h6-12,19H,4-5H2,1-3H3,(H,24,28). The average molecular weight is 417 g/mol. The molecule has 0 radical (unpaired) electrons. The first-order chi connectivity index (χ1) is 13.9. The third kappa shape index (κ3) is 4.74. The van der Waals surface area contributed by atoms with E-state index in [-0.39, 0.29) is 10.9 Å². The zero-order valence-corrected chi connectivity index (χ0v) is 17.2. The fourth-order valence-corrected chi connectivity index (χ4v) is 3.13. The first-order valence-corrected chi connectivity index (χ1v) is 9.70. The maximum atomic E-state index is 13.9. The zero-order chi connectivity index (χ0) is 21.0. The third-order valence-corrected chi connectivity index (χ3v) is 4.59. The molecule has 3 aromatic rings. The number of amides is 1. The van der Waals surface area contributed by atoms with Crippen molar-refractivity contribution in [1.29, 1.82) is 0 Å². The molecule has 6 nitrogen and oxygen atoms in total. The lowest BCUT2D eigenvalue weighted by molar-refractivity contribution is -0.119. The Morgan fingerprint density at radius 2 is 2.07 bits per heavy atom. The highest BCUT2D eigenvalue weighted by atomic mass is 35.5. The van der Waals surface area contributed by atoms with Crippen LogP contribution < -0.4 is 10.1 Å². The van der Waals surface area contributed by atoms with Gasteiger partial charge in [0, 0.05) is 19.0 Å². The van der Waals surface area contributed by atoms with Gasteiger partial charge in [0.15, 0.2) is 11.6 Å². The summed E-state index contributed by atoms with van der Waals surface area (Å²) >= 11 is 5.78. The second-order valence-corrected chi connectivity index (χ2v) is 6.78. The number of hydrogen-bond acceptors (Lipinski definition) is 4. The van der Waals surface area contributed by atoms with Gasteiger partial charge in [-0.25, -0.2) is 14.1 Å². The summed E-state index contributed by atoms with van der Waals surface area (Å²) in [4.78, 5) is 16.5. The fourth-order valence-electron chi connectivity index (χ4n) is 3.01. The van der Waals surface area contributed by atoms with Gasteiger partial charge in [-0.15, -0.1) is 0 Å². The Bertz CT molecular complexity index is 1020. The van der Waals surface area contributed by atoms with Crippen LogP contribution in [0.2, 0.25) is 5.02 Å². The lowest BCUT2D eigenvalue weighted by Crippen LogP contribution is -2.29. The molecule has 29 heavy (non-hydrogen) atoms. The number of halogens is 2. The van der Waals surface area contributed by atoms with Crippen LogP contribution in [0.4, 0.5) is 4.39 Å². The van der Waals surface area contributed by atoms with Gasteiger partial charge in [-0.3, -0.25) is 4.79 Å². The van der Waals surface area contributed by atoms with E-state index in [4.69, 9.17) is 16.3 Å². The molecule has 3 rings (SSSR count). The minimum Gasteiger partial charge on any atom is -0.494 e. The van der Waals surface area contributed by atoms with Crippen LogP contribution in [0.15, 0.2) is 42.5 Å². The molecule has 8 heteroatoms. The van der Waals surface area contributed by atoms with Gasteiger partial charge < -0.3 is 10.1 Å². The second kappa shape index (κ2) is 9.05. The molecular formula is C21H22ClFN4O2. The largest absolute Gasteiger partial charge is 0.494 e. The van der Waals surface area contributed by atoms with Gasteiger partial charge in [0.05, 0.1) is 11.6 Å². The van der Waals surface area contributed by atoms with Crippen molar-refractivity contribution in [3.05, 3.63) is 64.7 Å². The maximum Gasteiger partial charge on any atom is 0.217 e. The lowest BCUT2D eigenvalue weighted by Gasteiger charge is -2.19. The van der Waals surface area contributed by atoms with Crippen LogP contribution in [0.25, 0.3) is 11.4 Å². The minimum absolute atomic E-state index is 0.0350. The molecule has 1 N–H and O–H groups in total. The molecule has 1 aromatic heterocycles. The Labute approximate surface area is 173 Å². The molecule has 1 atom stereocenters. The quantitative estimate of drug-likeness (QED) is 0.620. The van der Waals surface area contributed by atoms with Crippen molar-refractivity contribution in [2.24, 2.45) is 0 Å². The van der Waals surface area contributed by atoms with E-state index in [1.807, 2.05) is 38.1 Å². The summed E-state index contributed by atoms with van der Waals surface area (Å²) in [5, 5.41) is 7.46. The van der Waals surface area contributed by atoms with Crippen LogP contribution in [0, 0.1) is 5.82 Å². The number of carbonyl (C=O) groups is 1. The number of carbonyl (C=O) groups excluding carboxylic acids is 1. The van der Waals surface area contributed by atoms with Gasteiger partial charge in [0.1, 0.15) is 17.6 Å². The molecule has 0 aliphatic heterocycles. The smallest absolute Gasteiger partial charge is 0.217 e. The molecule has 1 heterocycles. The van der Waals surface area contributed by atoms with Crippen molar-refractivity contribution >= 4 is 17.5 Å². The Balaban J connectivity index is 2.08. The molecule has 1 unspecified atom stereocenters. The van der Waals surface area contributed by atoms with Crippen molar-refractivity contribution in [3.63, 3.8) is 0 Å². The number of aryl methyl sites for hydroxylation is 1. The van der Waals surface area contributed by atoms with Gasteiger partial charge >= 0.3 is 0 Å². The molecule has 0 spiro atoms. The van der Waals surface area contributed by atoms with Crippen LogP contribution in [0.3, 0.4) is 0 Å². The molecule has 0 saturated carbocycles. The molecule has 0 bridgehead atoms. The highest BCUT2D eigenvalue weighted by Gasteiger charge is 2.24. The normalized spacial score (nSPS) is 11.9.